The number of hydrogen-bond acceptors (Lipinski definition) is 3. The smallest absolute Gasteiger partial charge is 0.259 e. The first-order chi connectivity index (χ1) is 8.40. The average molecular weight is 274 g/mol. The SMILES string of the molecule is [C-]#[N+]CCOP(OCC(C)C)N(C(C)C)C(C)C. The van der Waals surface area contributed by atoms with Crippen LogP contribution >= 0.6 is 8.53 Å². The molecule has 0 aromatic heterocycles. The monoisotopic (exact) mass is 274 g/mol. The second-order valence-electron chi connectivity index (χ2n) is 5.21. The van der Waals surface area contributed by atoms with Gasteiger partial charge >= 0.3 is 0 Å². The maximum Gasteiger partial charge on any atom is 0.259 e. The highest BCUT2D eigenvalue weighted by atomic mass is 31.2. The van der Waals surface area contributed by atoms with Gasteiger partial charge in [-0.1, -0.05) is 13.8 Å². The van der Waals surface area contributed by atoms with Gasteiger partial charge in [0.15, 0.2) is 0 Å². The van der Waals surface area contributed by atoms with Crippen LogP contribution in [0.2, 0.25) is 0 Å². The van der Waals surface area contributed by atoms with Crippen LogP contribution in [-0.2, 0) is 9.05 Å². The minimum atomic E-state index is -1.06. The van der Waals surface area contributed by atoms with Crippen molar-refractivity contribution in [2.24, 2.45) is 5.92 Å². The normalized spacial score (nSPS) is 13.6. The van der Waals surface area contributed by atoms with Gasteiger partial charge in [-0.25, -0.2) is 11.2 Å². The Balaban J connectivity index is 4.54. The molecule has 0 amide bonds. The first-order valence-electron chi connectivity index (χ1n) is 6.57. The number of rotatable bonds is 9. The fraction of sp³-hybridized carbons (Fsp3) is 0.923. The van der Waals surface area contributed by atoms with E-state index in [1.165, 1.54) is 0 Å². The van der Waals surface area contributed by atoms with Crippen molar-refractivity contribution < 1.29 is 9.05 Å². The molecule has 0 aliphatic rings. The molecule has 106 valence electrons. The van der Waals surface area contributed by atoms with Crippen LogP contribution < -0.4 is 0 Å². The first kappa shape index (κ1) is 17.8. The fourth-order valence-electron chi connectivity index (χ4n) is 1.52. The summed E-state index contributed by atoms with van der Waals surface area (Å²) >= 11 is 0. The number of nitrogens with zero attached hydrogens (tertiary/aromatic N) is 2. The van der Waals surface area contributed by atoms with Gasteiger partial charge in [0, 0.05) is 12.1 Å². The van der Waals surface area contributed by atoms with Crippen LogP contribution in [0.15, 0.2) is 0 Å². The van der Waals surface area contributed by atoms with Gasteiger partial charge in [-0.2, -0.15) is 0 Å². The standard InChI is InChI=1S/C13H27N2O2P/c1-11(2)10-17-18(16-9-8-14-7)15(12(3)4)13(5)6/h11-13H,8-10H2,1-6H3. The van der Waals surface area contributed by atoms with Crippen molar-refractivity contribution in [3.63, 3.8) is 0 Å². The first-order valence-corrected chi connectivity index (χ1v) is 7.70. The van der Waals surface area contributed by atoms with Gasteiger partial charge in [0.05, 0.1) is 6.61 Å². The van der Waals surface area contributed by atoms with E-state index in [1.807, 2.05) is 0 Å². The third-order valence-corrected chi connectivity index (χ3v) is 4.24. The molecule has 0 heterocycles. The van der Waals surface area contributed by atoms with Crippen LogP contribution in [0.25, 0.3) is 4.85 Å². The van der Waals surface area contributed by atoms with Gasteiger partial charge < -0.3 is 13.9 Å². The van der Waals surface area contributed by atoms with Gasteiger partial charge in [0.2, 0.25) is 6.54 Å². The Morgan fingerprint density at radius 2 is 1.61 bits per heavy atom. The maximum absolute atomic E-state index is 6.79. The second-order valence-corrected chi connectivity index (χ2v) is 6.66. The van der Waals surface area contributed by atoms with Crippen LogP contribution in [0.1, 0.15) is 41.5 Å². The predicted octanol–water partition coefficient (Wildman–Crippen LogP) is 3.94. The molecule has 18 heavy (non-hydrogen) atoms. The Hall–Kier alpha value is -0.200. The Morgan fingerprint density at radius 1 is 1.06 bits per heavy atom. The minimum Gasteiger partial charge on any atom is -0.322 e. The summed E-state index contributed by atoms with van der Waals surface area (Å²) in [5.41, 5.74) is 0. The summed E-state index contributed by atoms with van der Waals surface area (Å²) in [4.78, 5) is 3.31. The summed E-state index contributed by atoms with van der Waals surface area (Å²) in [6, 6.07) is 0.743. The minimum absolute atomic E-state index is 0.371. The lowest BCUT2D eigenvalue weighted by Crippen LogP contribution is -2.34. The van der Waals surface area contributed by atoms with Gasteiger partial charge in [0.1, 0.15) is 6.61 Å². The summed E-state index contributed by atoms with van der Waals surface area (Å²) in [5, 5.41) is 0. The molecule has 1 unspecified atom stereocenters. The van der Waals surface area contributed by atoms with E-state index in [0.29, 0.717) is 37.8 Å². The van der Waals surface area contributed by atoms with Crippen molar-refractivity contribution >= 4 is 8.53 Å². The van der Waals surface area contributed by atoms with E-state index < -0.39 is 8.53 Å². The van der Waals surface area contributed by atoms with Crippen molar-refractivity contribution in [1.82, 2.24) is 4.67 Å². The van der Waals surface area contributed by atoms with Gasteiger partial charge in [-0.15, -0.1) is 0 Å². The molecule has 0 saturated heterocycles. The maximum atomic E-state index is 6.79. The molecule has 0 aliphatic heterocycles. The lowest BCUT2D eigenvalue weighted by molar-refractivity contribution is 0.166. The zero-order valence-corrected chi connectivity index (χ0v) is 13.4. The van der Waals surface area contributed by atoms with E-state index in [0.717, 1.165) is 0 Å². The summed E-state index contributed by atoms with van der Waals surface area (Å²) < 4.78 is 13.9. The molecule has 0 bridgehead atoms. The number of hydrogen-bond donors (Lipinski definition) is 0. The van der Waals surface area contributed by atoms with Gasteiger partial charge in [0.25, 0.3) is 8.53 Å². The summed E-state index contributed by atoms with van der Waals surface area (Å²) in [6.45, 7) is 21.2. The molecular formula is C13H27N2O2P. The van der Waals surface area contributed by atoms with Crippen molar-refractivity contribution in [3.05, 3.63) is 11.4 Å². The largest absolute Gasteiger partial charge is 0.322 e. The molecule has 5 heteroatoms. The summed E-state index contributed by atoms with van der Waals surface area (Å²) in [6.07, 6.45) is 0. The van der Waals surface area contributed by atoms with E-state index in [4.69, 9.17) is 15.6 Å². The molecule has 0 spiro atoms. The lowest BCUT2D eigenvalue weighted by atomic mass is 10.2. The Morgan fingerprint density at radius 3 is 2.00 bits per heavy atom. The molecule has 0 rings (SSSR count). The second kappa shape index (κ2) is 9.69. The van der Waals surface area contributed by atoms with E-state index >= 15 is 0 Å². The lowest BCUT2D eigenvalue weighted by Gasteiger charge is -2.35. The van der Waals surface area contributed by atoms with Crippen LogP contribution in [0.4, 0.5) is 0 Å². The van der Waals surface area contributed by atoms with Crippen molar-refractivity contribution in [2.45, 2.75) is 53.6 Å². The van der Waals surface area contributed by atoms with Crippen LogP contribution in [0, 0.1) is 12.5 Å². The molecule has 0 fully saturated rings. The zero-order valence-electron chi connectivity index (χ0n) is 12.5. The molecule has 0 aliphatic carbocycles. The average Bonchev–Trinajstić information content (AvgIpc) is 2.24. The highest BCUT2D eigenvalue weighted by Crippen LogP contribution is 2.46. The molecule has 0 N–H and O–H groups in total. The van der Waals surface area contributed by atoms with Crippen molar-refractivity contribution in [3.8, 4) is 0 Å². The quantitative estimate of drug-likeness (QED) is 0.362. The topological polar surface area (TPSA) is 26.1 Å². The molecule has 0 radical (unpaired) electrons. The Bertz CT molecular complexity index is 244. The van der Waals surface area contributed by atoms with Crippen LogP contribution in [0.5, 0.6) is 0 Å². The highest BCUT2D eigenvalue weighted by molar-refractivity contribution is 7.44. The molecule has 0 aromatic rings. The molecule has 0 saturated carbocycles. The third kappa shape index (κ3) is 7.28. The van der Waals surface area contributed by atoms with Crippen LogP contribution in [-0.4, -0.2) is 36.5 Å². The van der Waals surface area contributed by atoms with Gasteiger partial charge in [-0.3, -0.25) is 0 Å². The fourth-order valence-corrected chi connectivity index (χ4v) is 3.28. The molecule has 1 atom stereocenters. The van der Waals surface area contributed by atoms with Crippen molar-refractivity contribution in [1.29, 1.82) is 0 Å². The zero-order chi connectivity index (χ0) is 14.1. The van der Waals surface area contributed by atoms with E-state index in [9.17, 15) is 0 Å². The van der Waals surface area contributed by atoms with E-state index in [-0.39, 0.29) is 0 Å². The van der Waals surface area contributed by atoms with E-state index in [2.05, 4.69) is 51.1 Å². The molecular weight excluding hydrogens is 247 g/mol. The Labute approximate surface area is 113 Å². The molecule has 4 nitrogen and oxygen atoms in total. The van der Waals surface area contributed by atoms with Gasteiger partial charge in [-0.05, 0) is 33.6 Å². The molecule has 0 aromatic carbocycles. The highest BCUT2D eigenvalue weighted by Gasteiger charge is 2.27. The van der Waals surface area contributed by atoms with E-state index in [1.54, 1.807) is 0 Å². The van der Waals surface area contributed by atoms with Crippen LogP contribution in [0.3, 0.4) is 0 Å². The summed E-state index contributed by atoms with van der Waals surface area (Å²) in [7, 11) is -1.06. The Kier molecular flexibility index (Phi) is 9.59. The third-order valence-electron chi connectivity index (χ3n) is 2.17. The predicted molar refractivity (Wildman–Crippen MR) is 77.2 cm³/mol. The van der Waals surface area contributed by atoms with Crippen molar-refractivity contribution in [2.75, 3.05) is 19.8 Å². The summed E-state index contributed by atoms with van der Waals surface area (Å²) in [5.74, 6) is 0.487.